The second-order valence-corrected chi connectivity index (χ2v) is 7.62. The van der Waals surface area contributed by atoms with Crippen molar-refractivity contribution in [3.63, 3.8) is 0 Å². The van der Waals surface area contributed by atoms with Crippen LogP contribution in [0, 0.1) is 6.92 Å². The summed E-state index contributed by atoms with van der Waals surface area (Å²) in [7, 11) is 0. The van der Waals surface area contributed by atoms with Crippen molar-refractivity contribution in [2.75, 3.05) is 11.4 Å². The van der Waals surface area contributed by atoms with Crippen LogP contribution in [-0.2, 0) is 0 Å². The molecule has 0 atom stereocenters. The molecule has 3 rings (SSSR count). The number of benzene rings is 2. The van der Waals surface area contributed by atoms with Gasteiger partial charge in [-0.2, -0.15) is 0 Å². The molecule has 0 saturated heterocycles. The van der Waals surface area contributed by atoms with E-state index in [2.05, 4.69) is 74.9 Å². The van der Waals surface area contributed by atoms with Gasteiger partial charge >= 0.3 is 0 Å². The lowest BCUT2D eigenvalue weighted by Crippen LogP contribution is -2.44. The highest BCUT2D eigenvalue weighted by atomic mass is 35.5. The molecule has 3 heteroatoms. The molecule has 1 aliphatic heterocycles. The number of hydrogen-bond acceptors (Lipinski definition) is 2. The van der Waals surface area contributed by atoms with Gasteiger partial charge in [-0.15, -0.1) is 0 Å². The van der Waals surface area contributed by atoms with Crippen molar-refractivity contribution in [2.24, 2.45) is 4.99 Å². The van der Waals surface area contributed by atoms with Crippen LogP contribution in [0.2, 0.25) is 5.02 Å². The van der Waals surface area contributed by atoms with Crippen molar-refractivity contribution in [3.05, 3.63) is 64.2 Å². The van der Waals surface area contributed by atoms with Crippen molar-refractivity contribution in [2.45, 2.75) is 40.2 Å². The van der Waals surface area contributed by atoms with Crippen LogP contribution >= 0.6 is 11.6 Å². The Morgan fingerprint density at radius 1 is 1.16 bits per heavy atom. The van der Waals surface area contributed by atoms with Gasteiger partial charge in [0.2, 0.25) is 0 Å². The van der Waals surface area contributed by atoms with Crippen LogP contribution in [0.3, 0.4) is 0 Å². The maximum Gasteiger partial charge on any atom is 0.0632 e. The molecule has 0 bridgehead atoms. The fourth-order valence-corrected chi connectivity index (χ4v) is 3.85. The van der Waals surface area contributed by atoms with E-state index in [0.717, 1.165) is 22.8 Å². The summed E-state index contributed by atoms with van der Waals surface area (Å²) in [4.78, 5) is 6.99. The van der Waals surface area contributed by atoms with E-state index in [4.69, 9.17) is 11.6 Å². The van der Waals surface area contributed by atoms with Crippen molar-refractivity contribution in [1.29, 1.82) is 0 Å². The summed E-state index contributed by atoms with van der Waals surface area (Å²) in [6.07, 6.45) is 4.19. The lowest BCUT2D eigenvalue weighted by atomic mass is 9.88. The number of likely N-dealkylation sites (N-methyl/N-ethyl adjacent to an activating group) is 1. The molecule has 1 aliphatic rings. The van der Waals surface area contributed by atoms with Crippen LogP contribution in [0.15, 0.2) is 47.5 Å². The van der Waals surface area contributed by atoms with E-state index in [1.165, 1.54) is 22.4 Å². The van der Waals surface area contributed by atoms with Crippen LogP contribution in [0.4, 0.5) is 11.4 Å². The van der Waals surface area contributed by atoms with Gasteiger partial charge in [0.25, 0.3) is 0 Å². The molecule has 130 valence electrons. The van der Waals surface area contributed by atoms with Gasteiger partial charge in [0, 0.05) is 29.6 Å². The first-order chi connectivity index (χ1) is 11.8. The van der Waals surface area contributed by atoms with Gasteiger partial charge < -0.3 is 4.90 Å². The SMILES string of the molecule is CCN1c2cc(Cl)c(C=Nc3cccc(C)c3)cc2C(C)=CC1(C)C. The van der Waals surface area contributed by atoms with E-state index in [-0.39, 0.29) is 5.54 Å². The maximum absolute atomic E-state index is 6.58. The highest BCUT2D eigenvalue weighted by Crippen LogP contribution is 2.41. The number of anilines is 1. The zero-order valence-corrected chi connectivity index (χ0v) is 16.4. The number of hydrogen-bond donors (Lipinski definition) is 0. The molecule has 0 spiro atoms. The standard InChI is InChI=1S/C22H25ClN2/c1-6-25-21-12-20(23)17(11-19(21)16(3)13-22(25,4)5)14-24-18-9-7-8-15(2)10-18/h7-14H,6H2,1-5H3. The molecule has 0 radical (unpaired) electrons. The Morgan fingerprint density at radius 2 is 1.92 bits per heavy atom. The van der Waals surface area contributed by atoms with Crippen LogP contribution in [-0.4, -0.2) is 18.3 Å². The predicted molar refractivity (Wildman–Crippen MR) is 111 cm³/mol. The van der Waals surface area contributed by atoms with Gasteiger partial charge in [0.1, 0.15) is 0 Å². The van der Waals surface area contributed by atoms with Crippen molar-refractivity contribution in [3.8, 4) is 0 Å². The van der Waals surface area contributed by atoms with Gasteiger partial charge in [-0.05, 0) is 70.0 Å². The lowest BCUT2D eigenvalue weighted by Gasteiger charge is -2.43. The molecule has 0 amide bonds. The zero-order valence-electron chi connectivity index (χ0n) is 15.6. The van der Waals surface area contributed by atoms with E-state index in [9.17, 15) is 0 Å². The van der Waals surface area contributed by atoms with Crippen molar-refractivity contribution >= 4 is 34.8 Å². The monoisotopic (exact) mass is 352 g/mol. The van der Waals surface area contributed by atoms with E-state index in [1.54, 1.807) is 0 Å². The minimum Gasteiger partial charge on any atom is -0.363 e. The summed E-state index contributed by atoms with van der Waals surface area (Å²) in [5, 5.41) is 0.735. The number of aliphatic imine (C=N–C) groups is 1. The second kappa shape index (κ2) is 6.68. The first-order valence-electron chi connectivity index (χ1n) is 8.73. The first-order valence-corrected chi connectivity index (χ1v) is 9.11. The highest BCUT2D eigenvalue weighted by Gasteiger charge is 2.30. The maximum atomic E-state index is 6.58. The zero-order chi connectivity index (χ0) is 18.2. The number of halogens is 1. The molecule has 0 aliphatic carbocycles. The van der Waals surface area contributed by atoms with Crippen LogP contribution in [0.25, 0.3) is 5.57 Å². The van der Waals surface area contributed by atoms with E-state index >= 15 is 0 Å². The highest BCUT2D eigenvalue weighted by molar-refractivity contribution is 6.33. The molecule has 0 fully saturated rings. The largest absolute Gasteiger partial charge is 0.363 e. The Morgan fingerprint density at radius 3 is 2.60 bits per heavy atom. The minimum atomic E-state index is -0.00761. The topological polar surface area (TPSA) is 15.6 Å². The number of fused-ring (bicyclic) bond motifs is 1. The predicted octanol–water partition coefficient (Wildman–Crippen LogP) is 6.42. The molecular weight excluding hydrogens is 328 g/mol. The summed E-state index contributed by atoms with van der Waals surface area (Å²) in [6, 6.07) is 12.4. The van der Waals surface area contributed by atoms with Crippen LogP contribution in [0.5, 0.6) is 0 Å². The van der Waals surface area contributed by atoms with Gasteiger partial charge in [0.15, 0.2) is 0 Å². The molecule has 2 aromatic rings. The van der Waals surface area contributed by atoms with Crippen molar-refractivity contribution in [1.82, 2.24) is 0 Å². The van der Waals surface area contributed by atoms with Crippen molar-refractivity contribution < 1.29 is 0 Å². The fraction of sp³-hybridized carbons (Fsp3) is 0.318. The molecule has 2 aromatic carbocycles. The number of allylic oxidation sites excluding steroid dienone is 1. The third-order valence-electron chi connectivity index (χ3n) is 4.77. The molecule has 0 aromatic heterocycles. The Labute approximate surface area is 155 Å². The quantitative estimate of drug-likeness (QED) is 0.582. The summed E-state index contributed by atoms with van der Waals surface area (Å²) < 4.78 is 0. The second-order valence-electron chi connectivity index (χ2n) is 7.21. The third-order valence-corrected chi connectivity index (χ3v) is 5.09. The average molecular weight is 353 g/mol. The molecule has 25 heavy (non-hydrogen) atoms. The third kappa shape index (κ3) is 3.50. The van der Waals surface area contributed by atoms with E-state index < -0.39 is 0 Å². The van der Waals surface area contributed by atoms with Crippen LogP contribution in [0.1, 0.15) is 44.4 Å². The molecular formula is C22H25ClN2. The average Bonchev–Trinajstić information content (AvgIpc) is 2.53. The molecule has 2 nitrogen and oxygen atoms in total. The summed E-state index contributed by atoms with van der Waals surface area (Å²) in [5.41, 5.74) is 6.80. The molecule has 0 N–H and O–H groups in total. The Bertz CT molecular complexity index is 862. The molecule has 0 saturated carbocycles. The van der Waals surface area contributed by atoms with Gasteiger partial charge in [0.05, 0.1) is 16.2 Å². The lowest BCUT2D eigenvalue weighted by molar-refractivity contribution is 0.566. The Kier molecular flexibility index (Phi) is 4.75. The smallest absolute Gasteiger partial charge is 0.0632 e. The molecule has 0 unspecified atom stereocenters. The number of rotatable bonds is 3. The van der Waals surface area contributed by atoms with Gasteiger partial charge in [-0.1, -0.05) is 29.8 Å². The molecule has 1 heterocycles. The van der Waals surface area contributed by atoms with E-state index in [1.807, 2.05) is 18.3 Å². The Hall–Kier alpha value is -2.06. The van der Waals surface area contributed by atoms with Crippen LogP contribution < -0.4 is 4.90 Å². The van der Waals surface area contributed by atoms with Gasteiger partial charge in [-0.25, -0.2) is 0 Å². The normalized spacial score (nSPS) is 16.1. The summed E-state index contributed by atoms with van der Waals surface area (Å²) in [6.45, 7) is 11.8. The summed E-state index contributed by atoms with van der Waals surface area (Å²) in [5.74, 6) is 0. The van der Waals surface area contributed by atoms with Gasteiger partial charge in [-0.3, -0.25) is 4.99 Å². The van der Waals surface area contributed by atoms with E-state index in [0.29, 0.717) is 0 Å². The number of aryl methyl sites for hydroxylation is 1. The Balaban J connectivity index is 2.03. The summed E-state index contributed by atoms with van der Waals surface area (Å²) >= 11 is 6.58. The number of nitrogens with zero attached hydrogens (tertiary/aromatic N) is 2. The fourth-order valence-electron chi connectivity index (χ4n) is 3.64. The minimum absolute atomic E-state index is 0.00761. The first kappa shape index (κ1) is 17.8.